The third kappa shape index (κ3) is 3.79. The Kier molecular flexibility index (Phi) is 5.16. The number of primary amides is 1. The van der Waals surface area contributed by atoms with Crippen LogP contribution in [0.3, 0.4) is 0 Å². The van der Waals surface area contributed by atoms with E-state index in [4.69, 9.17) is 10.5 Å². The van der Waals surface area contributed by atoms with Crippen molar-refractivity contribution in [1.82, 2.24) is 9.80 Å². The number of benzene rings is 1. The molecule has 0 unspecified atom stereocenters. The van der Waals surface area contributed by atoms with Crippen molar-refractivity contribution in [1.29, 1.82) is 5.26 Å². The summed E-state index contributed by atoms with van der Waals surface area (Å²) < 4.78 is 5.26. The van der Waals surface area contributed by atoms with Crippen molar-refractivity contribution in [3.05, 3.63) is 29.3 Å². The molecule has 2 aliphatic heterocycles. The molecule has 0 radical (unpaired) electrons. The molecule has 1 fully saturated rings. The molecule has 27 heavy (non-hydrogen) atoms. The Balaban J connectivity index is 1.83. The van der Waals surface area contributed by atoms with Crippen LogP contribution in [0.5, 0.6) is 5.75 Å². The number of ether oxygens (including phenoxy) is 1. The smallest absolute Gasteiger partial charge is 0.408 e. The molecule has 0 aliphatic carbocycles. The molecule has 2 heterocycles. The topological polar surface area (TPSA) is 137 Å². The molecule has 9 nitrogen and oxygen atoms in total. The summed E-state index contributed by atoms with van der Waals surface area (Å²) in [6.07, 6.45) is 0.376. The normalized spacial score (nSPS) is 21.3. The number of fused-ring (bicyclic) bond motifs is 1. The molecule has 3 N–H and O–H groups in total. The quantitative estimate of drug-likeness (QED) is 0.788. The van der Waals surface area contributed by atoms with Crippen LogP contribution in [-0.4, -0.2) is 58.0 Å². The van der Waals surface area contributed by atoms with Crippen molar-refractivity contribution in [2.75, 3.05) is 13.2 Å². The summed E-state index contributed by atoms with van der Waals surface area (Å²) in [5.74, 6) is -0.531. The number of hydrogen-bond acceptors (Lipinski definition) is 5. The highest BCUT2D eigenvalue weighted by Crippen LogP contribution is 2.29. The van der Waals surface area contributed by atoms with Crippen LogP contribution in [0.25, 0.3) is 0 Å². The Morgan fingerprint density at radius 2 is 2.07 bits per heavy atom. The van der Waals surface area contributed by atoms with E-state index in [0.29, 0.717) is 24.3 Å². The minimum atomic E-state index is -1.20. The van der Waals surface area contributed by atoms with Gasteiger partial charge in [0, 0.05) is 13.0 Å². The average Bonchev–Trinajstić information content (AvgIpc) is 3.13. The van der Waals surface area contributed by atoms with Crippen LogP contribution < -0.4 is 10.5 Å². The number of carbonyl (C=O) groups excluding carboxylic acids is 2. The molecule has 2 aliphatic rings. The molecule has 2 atom stereocenters. The molecule has 3 rings (SSSR count). The second-order valence-electron chi connectivity index (χ2n) is 6.63. The van der Waals surface area contributed by atoms with Crippen LogP contribution in [0, 0.1) is 11.3 Å². The van der Waals surface area contributed by atoms with Crippen molar-refractivity contribution in [2.45, 2.75) is 37.9 Å². The van der Waals surface area contributed by atoms with Gasteiger partial charge in [0.2, 0.25) is 5.91 Å². The van der Waals surface area contributed by atoms with E-state index < -0.39 is 24.1 Å². The van der Waals surface area contributed by atoms with Crippen LogP contribution in [0.15, 0.2) is 18.2 Å². The van der Waals surface area contributed by atoms with E-state index in [1.54, 1.807) is 18.2 Å². The summed E-state index contributed by atoms with van der Waals surface area (Å²) in [4.78, 5) is 38.1. The van der Waals surface area contributed by atoms with Crippen LogP contribution in [0.2, 0.25) is 0 Å². The lowest BCUT2D eigenvalue weighted by Crippen LogP contribution is -2.54. The minimum Gasteiger partial charge on any atom is -0.484 e. The van der Waals surface area contributed by atoms with Gasteiger partial charge in [-0.15, -0.1) is 0 Å². The first kappa shape index (κ1) is 18.5. The molecule has 0 bridgehead atoms. The van der Waals surface area contributed by atoms with E-state index in [0.717, 1.165) is 16.9 Å². The van der Waals surface area contributed by atoms with Crippen molar-refractivity contribution in [3.8, 4) is 11.8 Å². The summed E-state index contributed by atoms with van der Waals surface area (Å²) in [7, 11) is 0. The first-order valence-electron chi connectivity index (χ1n) is 8.63. The van der Waals surface area contributed by atoms with Gasteiger partial charge in [-0.1, -0.05) is 6.07 Å². The third-order valence-electron chi connectivity index (χ3n) is 4.90. The summed E-state index contributed by atoms with van der Waals surface area (Å²) in [5, 5.41) is 18.8. The number of nitriles is 1. The van der Waals surface area contributed by atoms with Gasteiger partial charge in [-0.05, 0) is 36.1 Å². The predicted octanol–water partition coefficient (Wildman–Crippen LogP) is 0.470. The van der Waals surface area contributed by atoms with Gasteiger partial charge in [-0.2, -0.15) is 5.26 Å². The zero-order valence-corrected chi connectivity index (χ0v) is 14.6. The fraction of sp³-hybridized carbons (Fsp3) is 0.444. The van der Waals surface area contributed by atoms with Crippen molar-refractivity contribution in [2.24, 2.45) is 5.73 Å². The Hall–Kier alpha value is -3.28. The van der Waals surface area contributed by atoms with Gasteiger partial charge in [0.1, 0.15) is 17.8 Å². The molecule has 0 saturated carbocycles. The van der Waals surface area contributed by atoms with Gasteiger partial charge >= 0.3 is 6.09 Å². The number of carboxylic acid groups (broad SMARTS) is 1. The Labute approximate surface area is 155 Å². The number of likely N-dealkylation sites (tertiary alicyclic amines) is 1. The predicted molar refractivity (Wildman–Crippen MR) is 92.5 cm³/mol. The summed E-state index contributed by atoms with van der Waals surface area (Å²) in [6.45, 7) is 0.223. The maximum absolute atomic E-state index is 12.9. The average molecular weight is 372 g/mol. The first-order chi connectivity index (χ1) is 12.9. The Morgan fingerprint density at radius 3 is 2.74 bits per heavy atom. The van der Waals surface area contributed by atoms with Crippen molar-refractivity contribution < 1.29 is 24.2 Å². The second-order valence-corrected chi connectivity index (χ2v) is 6.63. The van der Waals surface area contributed by atoms with E-state index in [1.165, 1.54) is 4.90 Å². The molecule has 142 valence electrons. The lowest BCUT2D eigenvalue weighted by molar-refractivity contribution is -0.136. The summed E-state index contributed by atoms with van der Waals surface area (Å²) in [5.41, 5.74) is 6.61. The van der Waals surface area contributed by atoms with Crippen LogP contribution in [0.4, 0.5) is 4.79 Å². The number of nitrogens with zero attached hydrogens (tertiary/aromatic N) is 3. The lowest BCUT2D eigenvalue weighted by Gasteiger charge is -2.36. The van der Waals surface area contributed by atoms with E-state index >= 15 is 0 Å². The Bertz CT molecular complexity index is 818. The number of amides is 3. The third-order valence-corrected chi connectivity index (χ3v) is 4.90. The number of carbonyl (C=O) groups is 3. The van der Waals surface area contributed by atoms with Crippen molar-refractivity contribution in [3.63, 3.8) is 0 Å². The largest absolute Gasteiger partial charge is 0.484 e. The molecule has 3 amide bonds. The molecule has 0 spiro atoms. The second kappa shape index (κ2) is 7.53. The SMILES string of the molecule is N#C[C@@H]1CCCN1C(=O)[C@H]1Cc2ccc(OCC(N)=O)cc2CN1C(=O)O. The Morgan fingerprint density at radius 1 is 1.30 bits per heavy atom. The fourth-order valence-electron chi connectivity index (χ4n) is 3.58. The van der Waals surface area contributed by atoms with Gasteiger partial charge < -0.3 is 20.5 Å². The van der Waals surface area contributed by atoms with E-state index in [2.05, 4.69) is 6.07 Å². The summed E-state index contributed by atoms with van der Waals surface area (Å²) in [6, 6.07) is 5.83. The molecule has 0 aromatic heterocycles. The van der Waals surface area contributed by atoms with E-state index in [1.807, 2.05) is 0 Å². The summed E-state index contributed by atoms with van der Waals surface area (Å²) >= 11 is 0. The van der Waals surface area contributed by atoms with Crippen LogP contribution >= 0.6 is 0 Å². The van der Waals surface area contributed by atoms with Gasteiger partial charge in [0.15, 0.2) is 6.61 Å². The monoisotopic (exact) mass is 372 g/mol. The number of nitrogens with two attached hydrogens (primary N) is 1. The fourth-order valence-corrected chi connectivity index (χ4v) is 3.58. The highest BCUT2D eigenvalue weighted by molar-refractivity contribution is 5.87. The van der Waals surface area contributed by atoms with Gasteiger partial charge in [0.05, 0.1) is 12.6 Å². The maximum Gasteiger partial charge on any atom is 0.408 e. The van der Waals surface area contributed by atoms with E-state index in [9.17, 15) is 24.8 Å². The molecular formula is C18H20N4O5. The lowest BCUT2D eigenvalue weighted by atomic mass is 9.93. The van der Waals surface area contributed by atoms with E-state index in [-0.39, 0.29) is 25.5 Å². The molecule has 1 aromatic rings. The minimum absolute atomic E-state index is 0.0277. The molecule has 1 aromatic carbocycles. The van der Waals surface area contributed by atoms with Crippen molar-refractivity contribution >= 4 is 17.9 Å². The zero-order chi connectivity index (χ0) is 19.6. The van der Waals surface area contributed by atoms with Gasteiger partial charge in [-0.3, -0.25) is 14.5 Å². The highest BCUT2D eigenvalue weighted by Gasteiger charge is 2.40. The van der Waals surface area contributed by atoms with Crippen LogP contribution in [0.1, 0.15) is 24.0 Å². The number of rotatable bonds is 4. The first-order valence-corrected chi connectivity index (χ1v) is 8.63. The zero-order valence-electron chi connectivity index (χ0n) is 14.6. The highest BCUT2D eigenvalue weighted by atomic mass is 16.5. The molecule has 9 heteroatoms. The van der Waals surface area contributed by atoms with Crippen LogP contribution in [-0.2, 0) is 22.6 Å². The standard InChI is InChI=1S/C18H20N4O5/c19-8-13-2-1-5-21(13)17(24)15-7-11-3-4-14(27-10-16(20)23)6-12(11)9-22(15)18(25)26/h3-4,6,13,15H,1-2,5,7,9-10H2,(H2,20,23)(H,25,26)/t13-,15+/m0/s1. The molecular weight excluding hydrogens is 352 g/mol. The molecule has 1 saturated heterocycles. The maximum atomic E-state index is 12.9. The number of hydrogen-bond donors (Lipinski definition) is 2. The van der Waals surface area contributed by atoms with Gasteiger partial charge in [-0.25, -0.2) is 4.79 Å². The van der Waals surface area contributed by atoms with Gasteiger partial charge in [0.25, 0.3) is 5.91 Å².